The van der Waals surface area contributed by atoms with Crippen LogP contribution in [0.3, 0.4) is 0 Å². The molecular weight excluding hydrogens is 324 g/mol. The Morgan fingerprint density at radius 1 is 1.14 bits per heavy atom. The molecule has 0 nitrogen and oxygen atoms in total. The fraction of sp³-hybridized carbons (Fsp3) is 0.636. The lowest BCUT2D eigenvalue weighted by molar-refractivity contribution is 0.612. The van der Waals surface area contributed by atoms with Crippen LogP contribution in [0.25, 0.3) is 0 Å². The Bertz CT molecular complexity index is 295. The van der Waals surface area contributed by atoms with Gasteiger partial charge in [-0.15, -0.1) is 0 Å². The summed E-state index contributed by atoms with van der Waals surface area (Å²) in [5.41, 5.74) is 1.51. The highest BCUT2D eigenvalue weighted by Gasteiger charge is 2.24. The van der Waals surface area contributed by atoms with Crippen LogP contribution in [-0.2, 0) is 0 Å². The summed E-state index contributed by atoms with van der Waals surface area (Å²) in [5, 5.41) is 4.49. The van der Waals surface area contributed by atoms with Crippen molar-refractivity contribution in [3.8, 4) is 0 Å². The van der Waals surface area contributed by atoms with Crippen LogP contribution in [-0.4, -0.2) is 4.83 Å². The molecule has 0 radical (unpaired) electrons. The second-order valence-electron chi connectivity index (χ2n) is 3.94. The molecular formula is C11H14Br2S. The number of halogens is 2. The predicted molar refractivity (Wildman–Crippen MR) is 70.6 cm³/mol. The van der Waals surface area contributed by atoms with Gasteiger partial charge in [0, 0.05) is 14.7 Å². The van der Waals surface area contributed by atoms with E-state index in [1.165, 1.54) is 42.1 Å². The van der Waals surface area contributed by atoms with Crippen LogP contribution in [0.2, 0.25) is 0 Å². The molecule has 1 heterocycles. The molecule has 0 aliphatic heterocycles. The topological polar surface area (TPSA) is 0 Å². The minimum Gasteiger partial charge on any atom is -0.151 e. The standard InChI is InChI=1S/C11H14Br2S/c12-10-5-3-1-2-4-8(10)9-6-14-7-11(9)13/h6-8,10H,1-5H2. The summed E-state index contributed by atoms with van der Waals surface area (Å²) in [4.78, 5) is 0.677. The zero-order valence-corrected chi connectivity index (χ0v) is 12.0. The lowest BCUT2D eigenvalue weighted by Gasteiger charge is -2.19. The molecule has 0 aromatic carbocycles. The van der Waals surface area contributed by atoms with Crippen LogP contribution >= 0.6 is 43.2 Å². The van der Waals surface area contributed by atoms with E-state index in [9.17, 15) is 0 Å². The molecule has 2 atom stereocenters. The van der Waals surface area contributed by atoms with Crippen molar-refractivity contribution >= 4 is 43.2 Å². The van der Waals surface area contributed by atoms with E-state index in [0.29, 0.717) is 4.83 Å². The average Bonchev–Trinajstić information content (AvgIpc) is 2.46. The SMILES string of the molecule is Brc1cscc1C1CCCCCC1Br. The van der Waals surface area contributed by atoms with Crippen molar-refractivity contribution in [1.29, 1.82) is 0 Å². The summed E-state index contributed by atoms with van der Waals surface area (Å²) in [6.07, 6.45) is 6.84. The van der Waals surface area contributed by atoms with E-state index in [1.54, 1.807) is 11.3 Å². The van der Waals surface area contributed by atoms with Crippen molar-refractivity contribution in [3.05, 3.63) is 20.8 Å². The number of rotatable bonds is 1. The quantitative estimate of drug-likeness (QED) is 0.480. The van der Waals surface area contributed by atoms with Gasteiger partial charge in [-0.05, 0) is 45.6 Å². The molecule has 1 saturated carbocycles. The third-order valence-electron chi connectivity index (χ3n) is 2.97. The minimum absolute atomic E-state index is 0.677. The Labute approximate surface area is 106 Å². The average molecular weight is 338 g/mol. The maximum absolute atomic E-state index is 3.84. The van der Waals surface area contributed by atoms with Gasteiger partial charge in [0.1, 0.15) is 0 Å². The fourth-order valence-electron chi connectivity index (χ4n) is 2.17. The first-order valence-electron chi connectivity index (χ1n) is 5.14. The van der Waals surface area contributed by atoms with E-state index in [4.69, 9.17) is 0 Å². The smallest absolute Gasteiger partial charge is 0.0317 e. The normalized spacial score (nSPS) is 28.7. The molecule has 1 aliphatic carbocycles. The lowest BCUT2D eigenvalue weighted by Crippen LogP contribution is -2.10. The van der Waals surface area contributed by atoms with Crippen LogP contribution in [0.4, 0.5) is 0 Å². The summed E-state index contributed by atoms with van der Waals surface area (Å²) in [6, 6.07) is 0. The number of hydrogen-bond donors (Lipinski definition) is 0. The zero-order valence-electron chi connectivity index (χ0n) is 8.01. The van der Waals surface area contributed by atoms with Crippen LogP contribution in [0.15, 0.2) is 15.2 Å². The van der Waals surface area contributed by atoms with Gasteiger partial charge < -0.3 is 0 Å². The van der Waals surface area contributed by atoms with Gasteiger partial charge in [0.25, 0.3) is 0 Å². The molecule has 3 heteroatoms. The zero-order chi connectivity index (χ0) is 9.97. The van der Waals surface area contributed by atoms with Gasteiger partial charge in [0.2, 0.25) is 0 Å². The molecule has 1 fully saturated rings. The molecule has 0 N–H and O–H groups in total. The third kappa shape index (κ3) is 2.42. The highest BCUT2D eigenvalue weighted by atomic mass is 79.9. The third-order valence-corrected chi connectivity index (χ3v) is 5.82. The highest BCUT2D eigenvalue weighted by Crippen LogP contribution is 2.40. The van der Waals surface area contributed by atoms with E-state index in [2.05, 4.69) is 42.6 Å². The molecule has 1 aromatic rings. The van der Waals surface area contributed by atoms with Crippen LogP contribution in [0, 0.1) is 0 Å². The summed E-state index contributed by atoms with van der Waals surface area (Å²) < 4.78 is 1.30. The molecule has 0 amide bonds. The molecule has 78 valence electrons. The lowest BCUT2D eigenvalue weighted by atomic mass is 9.94. The first-order chi connectivity index (χ1) is 6.79. The van der Waals surface area contributed by atoms with Gasteiger partial charge in [-0.1, -0.05) is 35.2 Å². The summed E-state index contributed by atoms with van der Waals surface area (Å²) in [6.45, 7) is 0. The summed E-state index contributed by atoms with van der Waals surface area (Å²) >= 11 is 9.29. The Hall–Kier alpha value is 0.660. The van der Waals surface area contributed by atoms with E-state index < -0.39 is 0 Å². The molecule has 0 spiro atoms. The Morgan fingerprint density at radius 3 is 2.64 bits per heavy atom. The predicted octanol–water partition coefficient (Wildman–Crippen LogP) is 5.32. The van der Waals surface area contributed by atoms with Gasteiger partial charge in [0.15, 0.2) is 0 Å². The van der Waals surface area contributed by atoms with Gasteiger partial charge in [-0.25, -0.2) is 0 Å². The van der Waals surface area contributed by atoms with Crippen molar-refractivity contribution in [2.45, 2.75) is 42.8 Å². The van der Waals surface area contributed by atoms with Gasteiger partial charge in [-0.2, -0.15) is 11.3 Å². The van der Waals surface area contributed by atoms with Gasteiger partial charge in [-0.3, -0.25) is 0 Å². The van der Waals surface area contributed by atoms with Crippen LogP contribution in [0.1, 0.15) is 43.6 Å². The number of thiophene rings is 1. The Balaban J connectivity index is 2.19. The van der Waals surface area contributed by atoms with Crippen molar-refractivity contribution in [2.75, 3.05) is 0 Å². The number of hydrogen-bond acceptors (Lipinski definition) is 1. The highest BCUT2D eigenvalue weighted by molar-refractivity contribution is 9.10. The molecule has 2 unspecified atom stereocenters. The summed E-state index contributed by atoms with van der Waals surface area (Å²) in [7, 11) is 0. The van der Waals surface area contributed by atoms with E-state index in [-0.39, 0.29) is 0 Å². The first kappa shape index (κ1) is 11.2. The number of alkyl halides is 1. The van der Waals surface area contributed by atoms with Crippen LogP contribution < -0.4 is 0 Å². The van der Waals surface area contributed by atoms with Crippen molar-refractivity contribution < 1.29 is 0 Å². The van der Waals surface area contributed by atoms with E-state index in [0.717, 1.165) is 5.92 Å². The maximum Gasteiger partial charge on any atom is 0.0317 e. The second-order valence-corrected chi connectivity index (χ2v) is 6.71. The minimum atomic E-state index is 0.677. The molecule has 0 saturated heterocycles. The van der Waals surface area contributed by atoms with Crippen molar-refractivity contribution in [3.63, 3.8) is 0 Å². The Kier molecular flexibility index (Phi) is 4.09. The monoisotopic (exact) mass is 336 g/mol. The summed E-state index contributed by atoms with van der Waals surface area (Å²) in [5.74, 6) is 0.720. The Morgan fingerprint density at radius 2 is 1.93 bits per heavy atom. The van der Waals surface area contributed by atoms with Gasteiger partial charge >= 0.3 is 0 Å². The van der Waals surface area contributed by atoms with Crippen molar-refractivity contribution in [1.82, 2.24) is 0 Å². The fourth-order valence-corrected chi connectivity index (χ4v) is 4.70. The first-order valence-corrected chi connectivity index (χ1v) is 7.80. The van der Waals surface area contributed by atoms with Crippen molar-refractivity contribution in [2.24, 2.45) is 0 Å². The second kappa shape index (κ2) is 5.13. The molecule has 2 rings (SSSR count). The molecule has 1 aliphatic rings. The molecule has 0 bridgehead atoms. The van der Waals surface area contributed by atoms with E-state index >= 15 is 0 Å². The largest absolute Gasteiger partial charge is 0.151 e. The van der Waals surface area contributed by atoms with Gasteiger partial charge in [0.05, 0.1) is 0 Å². The maximum atomic E-state index is 3.84. The van der Waals surface area contributed by atoms with E-state index in [1.807, 2.05) is 0 Å². The van der Waals surface area contributed by atoms with Crippen LogP contribution in [0.5, 0.6) is 0 Å². The molecule has 14 heavy (non-hydrogen) atoms. The molecule has 1 aromatic heterocycles.